The first-order valence-corrected chi connectivity index (χ1v) is 25.2. The molecule has 70 heavy (non-hydrogen) atoms. The molecule has 0 saturated carbocycles. The predicted molar refractivity (Wildman–Crippen MR) is 260 cm³/mol. The van der Waals surface area contributed by atoms with Gasteiger partial charge < -0.3 is 57.2 Å². The van der Waals surface area contributed by atoms with Crippen molar-refractivity contribution in [3.8, 4) is 0 Å². The van der Waals surface area contributed by atoms with Crippen molar-refractivity contribution in [3.05, 3.63) is 108 Å². The molecule has 7 amide bonds. The maximum absolute atomic E-state index is 14.6. The zero-order chi connectivity index (χ0) is 51.4. The second kappa shape index (κ2) is 27.4. The molecule has 0 saturated heterocycles. The van der Waals surface area contributed by atoms with Gasteiger partial charge in [-0.1, -0.05) is 109 Å². The lowest BCUT2D eigenvalue weighted by molar-refractivity contribution is -0.134. The van der Waals surface area contributed by atoms with Gasteiger partial charge in [-0.2, -0.15) is 0 Å². The Morgan fingerprint density at radius 3 is 1.77 bits per heavy atom. The number of nitrogens with two attached hydrogens (primary N) is 1. The summed E-state index contributed by atoms with van der Waals surface area (Å²) >= 11 is 0. The Morgan fingerprint density at radius 1 is 0.700 bits per heavy atom. The van der Waals surface area contributed by atoms with Crippen LogP contribution in [0.5, 0.6) is 0 Å². The van der Waals surface area contributed by atoms with E-state index in [1.807, 2.05) is 13.0 Å². The first-order chi connectivity index (χ1) is 33.3. The number of amides is 7. The van der Waals surface area contributed by atoms with E-state index < -0.39 is 109 Å². The summed E-state index contributed by atoms with van der Waals surface area (Å²) in [5, 5.41) is 15.9. The van der Waals surface area contributed by atoms with Gasteiger partial charge in [0.25, 0.3) is 0 Å². The Hall–Kier alpha value is -6.86. The zero-order valence-corrected chi connectivity index (χ0v) is 41.4. The number of nitrogens with one attached hydrogen (secondary N) is 8. The molecule has 0 spiro atoms. The Labute approximate surface area is 407 Å². The van der Waals surface area contributed by atoms with E-state index >= 15 is 0 Å². The average molecular weight is 990 g/mol. The van der Waals surface area contributed by atoms with Crippen molar-refractivity contribution in [2.75, 3.05) is 12.7 Å². The van der Waals surface area contributed by atoms with Crippen LogP contribution in [-0.2, 0) is 63.9 Å². The number of alkyl carbamates (subject to hydrolysis) is 1. The van der Waals surface area contributed by atoms with E-state index in [4.69, 9.17) is 10.5 Å². The van der Waals surface area contributed by atoms with Crippen LogP contribution < -0.4 is 37.6 Å². The van der Waals surface area contributed by atoms with Gasteiger partial charge in [-0.3, -0.25) is 33.3 Å². The molecule has 22 heteroatoms. The van der Waals surface area contributed by atoms with Crippen molar-refractivity contribution in [1.29, 1.82) is 0 Å². The average Bonchev–Trinajstić information content (AvgIpc) is 4.05. The molecule has 4 rings (SSSR count). The zero-order valence-electron chi connectivity index (χ0n) is 40.5. The molecule has 0 radical (unpaired) electrons. The topological polar surface area (TPSA) is 322 Å². The number of imidazole rings is 2. The number of nitrogens with zero attached hydrogens (tertiary/aromatic N) is 2. The molecular formula is C48H68N11O10P. The smallest absolute Gasteiger partial charge is 0.407 e. The van der Waals surface area contributed by atoms with Crippen molar-refractivity contribution >= 4 is 48.9 Å². The lowest BCUT2D eigenvalue weighted by Crippen LogP contribution is -2.57. The van der Waals surface area contributed by atoms with E-state index in [1.54, 1.807) is 89.2 Å². The minimum atomic E-state index is -4.51. The number of carbonyl (C=O) groups excluding carboxylic acids is 7. The summed E-state index contributed by atoms with van der Waals surface area (Å²) in [6, 6.07) is 12.8. The summed E-state index contributed by atoms with van der Waals surface area (Å²) in [6.45, 7) is 9.99. The van der Waals surface area contributed by atoms with Gasteiger partial charge in [0.15, 0.2) is 0 Å². The Kier molecular flexibility index (Phi) is 21.8. The number of hydrogen-bond donors (Lipinski definition) is 10. The first kappa shape index (κ1) is 55.7. The second-order valence-electron chi connectivity index (χ2n) is 18.1. The van der Waals surface area contributed by atoms with Gasteiger partial charge in [0, 0.05) is 55.1 Å². The van der Waals surface area contributed by atoms with E-state index in [9.17, 15) is 43.0 Å². The summed E-state index contributed by atoms with van der Waals surface area (Å²) in [7, 11) is -4.51. The maximum Gasteiger partial charge on any atom is 0.407 e. The summed E-state index contributed by atoms with van der Waals surface area (Å²) in [6.07, 6.45) is 4.64. The van der Waals surface area contributed by atoms with Crippen LogP contribution in [0.4, 0.5) is 4.79 Å². The van der Waals surface area contributed by atoms with Crippen LogP contribution in [0.25, 0.3) is 0 Å². The summed E-state index contributed by atoms with van der Waals surface area (Å²) in [5.74, 6) is -8.16. The molecule has 2 aromatic carbocycles. The number of ether oxygens (including phenoxy) is 1. The van der Waals surface area contributed by atoms with Crippen LogP contribution in [0.2, 0.25) is 0 Å². The molecule has 0 bridgehead atoms. The van der Waals surface area contributed by atoms with Crippen molar-refractivity contribution < 1.29 is 47.8 Å². The molecule has 21 nitrogen and oxygen atoms in total. The number of aromatic nitrogens is 4. The van der Waals surface area contributed by atoms with E-state index in [1.165, 1.54) is 25.0 Å². The summed E-state index contributed by atoms with van der Waals surface area (Å²) < 4.78 is 19.8. The van der Waals surface area contributed by atoms with Crippen LogP contribution in [0.1, 0.15) is 76.9 Å². The van der Waals surface area contributed by atoms with Crippen LogP contribution in [-0.4, -0.2) is 109 Å². The molecule has 0 fully saturated rings. The van der Waals surface area contributed by atoms with Gasteiger partial charge in [0.1, 0.15) is 43.1 Å². The lowest BCUT2D eigenvalue weighted by atomic mass is 9.93. The molecule has 0 aliphatic carbocycles. The molecule has 0 aliphatic rings. The number of carbonyl (C=O) groups is 7. The molecule has 11 N–H and O–H groups in total. The molecule has 0 aliphatic heterocycles. The highest BCUT2D eigenvalue weighted by Crippen LogP contribution is 2.50. The minimum absolute atomic E-state index is 0.00683. The van der Waals surface area contributed by atoms with Crippen LogP contribution >= 0.6 is 7.37 Å². The summed E-state index contributed by atoms with van der Waals surface area (Å²) in [5.41, 5.74) is 8.02. The van der Waals surface area contributed by atoms with Crippen molar-refractivity contribution in [1.82, 2.24) is 51.8 Å². The Morgan fingerprint density at radius 2 is 1.24 bits per heavy atom. The molecule has 3 unspecified atom stereocenters. The van der Waals surface area contributed by atoms with Gasteiger partial charge in [-0.15, -0.1) is 0 Å². The first-order valence-electron chi connectivity index (χ1n) is 23.3. The number of rotatable bonds is 28. The highest BCUT2D eigenvalue weighted by molar-refractivity contribution is 7.58. The fraction of sp³-hybridized carbons (Fsp3) is 0.479. The molecular weight excluding hydrogens is 922 g/mol. The molecule has 380 valence electrons. The molecule has 8 atom stereocenters. The van der Waals surface area contributed by atoms with Gasteiger partial charge in [0.2, 0.25) is 42.8 Å². The number of hydrogen-bond acceptors (Lipinski definition) is 11. The van der Waals surface area contributed by atoms with Crippen molar-refractivity contribution in [2.45, 2.75) is 110 Å². The van der Waals surface area contributed by atoms with E-state index in [2.05, 4.69) is 51.8 Å². The Balaban J connectivity index is 1.52. The Bertz CT molecular complexity index is 2350. The largest absolute Gasteiger partial charge is 0.445 e. The number of H-pyrrole nitrogens is 2. The van der Waals surface area contributed by atoms with Crippen molar-refractivity contribution in [3.63, 3.8) is 0 Å². The maximum atomic E-state index is 14.6. The monoisotopic (exact) mass is 989 g/mol. The molecule has 4 aromatic rings. The standard InChI is InChI=1S/C48H68N11O10P/c1-7-31(6)42(47(65)56-37(43(49)61)20-34-22-50-27-53-34)59-44(62)36(30(4)5)26-70(67,68)41(18-29(2)3)58-46(64)39(21-35-23-51-28-54-35)57-45(63)38(19-32-14-10-8-11-15-32)55-40(60)24-52-48(66)69-25-33-16-12-9-13-17-33/h8-17,22-23,27-31,36-39,41-42H,7,18-21,24-26H2,1-6H3,(H2,49,61)(H,50,53)(H,51,54)(H,52,66)(H,55,60)(H,56,65)(H,57,63)(H,58,64)(H,59,62)(H,67,68)/t31-,36?,37-,38-,39-,41?,42-/m0/s1. The van der Waals surface area contributed by atoms with Gasteiger partial charge in [-0.05, 0) is 35.3 Å². The number of benzene rings is 2. The summed E-state index contributed by atoms with van der Waals surface area (Å²) in [4.78, 5) is 120. The van der Waals surface area contributed by atoms with E-state index in [0.29, 0.717) is 23.4 Å². The van der Waals surface area contributed by atoms with Crippen LogP contribution in [0.3, 0.4) is 0 Å². The third kappa shape index (κ3) is 18.2. The van der Waals surface area contributed by atoms with E-state index in [0.717, 1.165) is 5.56 Å². The van der Waals surface area contributed by atoms with Gasteiger partial charge >= 0.3 is 6.09 Å². The van der Waals surface area contributed by atoms with Gasteiger partial charge in [0.05, 0.1) is 12.7 Å². The normalized spacial score (nSPS) is 15.2. The molecule has 2 heterocycles. The number of aromatic amines is 2. The lowest BCUT2D eigenvalue weighted by Gasteiger charge is -2.32. The van der Waals surface area contributed by atoms with Crippen LogP contribution in [0.15, 0.2) is 85.7 Å². The third-order valence-electron chi connectivity index (χ3n) is 11.7. The third-order valence-corrected chi connectivity index (χ3v) is 13.9. The molecule has 2 aromatic heterocycles. The highest BCUT2D eigenvalue weighted by atomic mass is 31.2. The fourth-order valence-electron chi connectivity index (χ4n) is 7.43. The van der Waals surface area contributed by atoms with Crippen LogP contribution in [0, 0.1) is 23.7 Å². The highest BCUT2D eigenvalue weighted by Gasteiger charge is 2.41. The fourth-order valence-corrected chi connectivity index (χ4v) is 9.92. The van der Waals surface area contributed by atoms with Crippen molar-refractivity contribution in [2.24, 2.45) is 29.4 Å². The second-order valence-corrected chi connectivity index (χ2v) is 20.6. The predicted octanol–water partition coefficient (Wildman–Crippen LogP) is 2.59. The SMILES string of the molecule is CC[C@H](C)[C@H](NC(=O)C(CP(=O)(O)C(CC(C)C)NC(=O)[C@H](Cc1cnc[nH]1)NC(=O)[C@H](Cc1ccccc1)NC(=O)CNC(=O)OCc1ccccc1)C(C)C)C(=O)N[C@@H](Cc1cnc[nH]1)C(N)=O. The number of primary amides is 1. The van der Waals surface area contributed by atoms with E-state index in [-0.39, 0.29) is 38.2 Å². The minimum Gasteiger partial charge on any atom is -0.445 e. The quantitative estimate of drug-likeness (QED) is 0.0368. The van der Waals surface area contributed by atoms with Gasteiger partial charge in [-0.25, -0.2) is 14.8 Å².